The summed E-state index contributed by atoms with van der Waals surface area (Å²) in [5.74, 6) is 0.823. The molecule has 1 heterocycles. The Morgan fingerprint density at radius 2 is 1.20 bits per heavy atom. The minimum Gasteiger partial charge on any atom is -0.494 e. The first kappa shape index (κ1) is 36.3. The van der Waals surface area contributed by atoms with Crippen molar-refractivity contribution in [3.8, 4) is 5.75 Å². The van der Waals surface area contributed by atoms with E-state index in [-0.39, 0.29) is 6.61 Å². The average Bonchev–Trinajstić information content (AvgIpc) is 3.17. The van der Waals surface area contributed by atoms with Crippen LogP contribution in [0.25, 0.3) is 0 Å². The summed E-state index contributed by atoms with van der Waals surface area (Å²) in [5, 5.41) is 0.645. The Kier molecular flexibility index (Phi) is 13.3. The molecule has 6 rings (SSSR count). The molecule has 0 saturated carbocycles. The summed E-state index contributed by atoms with van der Waals surface area (Å²) in [5.41, 5.74) is 5.91. The number of carbonyl (C=O) groups is 1. The summed E-state index contributed by atoms with van der Waals surface area (Å²) in [6.07, 6.45) is -2.52. The minimum atomic E-state index is -0.661. The molecule has 1 aliphatic heterocycles. The van der Waals surface area contributed by atoms with Crippen LogP contribution in [0.2, 0.25) is 5.02 Å². The van der Waals surface area contributed by atoms with E-state index in [1.165, 1.54) is 0 Å². The molecule has 5 aromatic rings. The number of hydrogen-bond acceptors (Lipinski definition) is 7. The molecule has 1 saturated heterocycles. The number of carbonyl (C=O) groups excluding carboxylic acids is 1. The van der Waals surface area contributed by atoms with Crippen LogP contribution in [-0.2, 0) is 54.7 Å². The number of rotatable bonds is 17. The van der Waals surface area contributed by atoms with Gasteiger partial charge in [0.25, 0.3) is 6.47 Å². The summed E-state index contributed by atoms with van der Waals surface area (Å²) in [6, 6.07) is 43.9. The van der Waals surface area contributed by atoms with Crippen molar-refractivity contribution in [2.75, 3.05) is 13.2 Å². The lowest BCUT2D eigenvalue weighted by molar-refractivity contribution is -0.273. The molecule has 0 amide bonds. The van der Waals surface area contributed by atoms with Gasteiger partial charge in [-0.2, -0.15) is 0 Å². The van der Waals surface area contributed by atoms with Crippen molar-refractivity contribution in [3.05, 3.63) is 172 Å². The lowest BCUT2D eigenvalue weighted by atomic mass is 9.89. The van der Waals surface area contributed by atoms with Crippen LogP contribution >= 0.6 is 11.6 Å². The molecule has 8 heteroatoms. The zero-order valence-corrected chi connectivity index (χ0v) is 29.4. The Morgan fingerprint density at radius 3 is 1.75 bits per heavy atom. The van der Waals surface area contributed by atoms with Crippen LogP contribution in [0.5, 0.6) is 5.75 Å². The molecule has 5 atom stereocenters. The SMILES string of the molecule is CCOc1ccc(Cc2cc([C@@H]3O[C@H](COC=O)[C@@H](OCc4ccccc4)[C@H](OCc4ccccc4)[C@H]3OCc3ccccc3)ccc2Cl)cc1. The molecule has 1 fully saturated rings. The Hall–Kier alpha value is -4.50. The van der Waals surface area contributed by atoms with Crippen LogP contribution in [0.3, 0.4) is 0 Å². The normalized spacial score (nSPS) is 20.1. The van der Waals surface area contributed by atoms with Crippen molar-refractivity contribution in [3.63, 3.8) is 0 Å². The third kappa shape index (κ3) is 10.1. The molecule has 0 radical (unpaired) electrons. The smallest absolute Gasteiger partial charge is 0.293 e. The van der Waals surface area contributed by atoms with Crippen LogP contribution in [0.4, 0.5) is 0 Å². The van der Waals surface area contributed by atoms with Gasteiger partial charge in [0.05, 0.1) is 26.4 Å². The molecule has 0 bridgehead atoms. The summed E-state index contributed by atoms with van der Waals surface area (Å²) in [6.45, 7) is 3.93. The quantitative estimate of drug-likeness (QED) is 0.0896. The average molecular weight is 707 g/mol. The second kappa shape index (κ2) is 18.7. The first-order valence-electron chi connectivity index (χ1n) is 17.3. The summed E-state index contributed by atoms with van der Waals surface area (Å²) in [7, 11) is 0. The van der Waals surface area contributed by atoms with E-state index in [2.05, 4.69) is 6.07 Å². The zero-order valence-electron chi connectivity index (χ0n) is 28.6. The summed E-state index contributed by atoms with van der Waals surface area (Å²) in [4.78, 5) is 11.5. The fourth-order valence-corrected chi connectivity index (χ4v) is 6.51. The molecular weight excluding hydrogens is 664 g/mol. The molecule has 5 aromatic carbocycles. The Labute approximate surface area is 305 Å². The van der Waals surface area contributed by atoms with Crippen LogP contribution in [0.1, 0.15) is 46.4 Å². The molecule has 264 valence electrons. The highest BCUT2D eigenvalue weighted by atomic mass is 35.5. The van der Waals surface area contributed by atoms with Crippen molar-refractivity contribution in [1.82, 2.24) is 0 Å². The molecule has 51 heavy (non-hydrogen) atoms. The van der Waals surface area contributed by atoms with Gasteiger partial charge in [-0.15, -0.1) is 0 Å². The van der Waals surface area contributed by atoms with E-state index >= 15 is 0 Å². The van der Waals surface area contributed by atoms with E-state index < -0.39 is 30.5 Å². The third-order valence-corrected chi connectivity index (χ3v) is 9.21. The molecule has 0 aliphatic carbocycles. The lowest BCUT2D eigenvalue weighted by Gasteiger charge is -2.46. The maximum Gasteiger partial charge on any atom is 0.293 e. The van der Waals surface area contributed by atoms with E-state index in [1.807, 2.05) is 134 Å². The van der Waals surface area contributed by atoms with E-state index in [0.717, 1.165) is 39.1 Å². The van der Waals surface area contributed by atoms with E-state index in [9.17, 15) is 4.79 Å². The van der Waals surface area contributed by atoms with Gasteiger partial charge in [0, 0.05) is 5.02 Å². The number of ether oxygens (including phenoxy) is 6. The van der Waals surface area contributed by atoms with Gasteiger partial charge >= 0.3 is 0 Å². The Balaban J connectivity index is 1.37. The fourth-order valence-electron chi connectivity index (χ4n) is 6.32. The first-order valence-corrected chi connectivity index (χ1v) is 17.7. The third-order valence-electron chi connectivity index (χ3n) is 8.85. The highest BCUT2D eigenvalue weighted by Gasteiger charge is 2.49. The van der Waals surface area contributed by atoms with Gasteiger partial charge in [-0.1, -0.05) is 127 Å². The lowest BCUT2D eigenvalue weighted by Crippen LogP contribution is -2.58. The van der Waals surface area contributed by atoms with E-state index in [1.54, 1.807) is 0 Å². The largest absolute Gasteiger partial charge is 0.494 e. The number of benzene rings is 5. The van der Waals surface area contributed by atoms with Gasteiger partial charge in [-0.25, -0.2) is 0 Å². The van der Waals surface area contributed by atoms with Gasteiger partial charge < -0.3 is 28.4 Å². The number of halogens is 1. The van der Waals surface area contributed by atoms with Crippen LogP contribution in [0.15, 0.2) is 133 Å². The van der Waals surface area contributed by atoms with Crippen molar-refractivity contribution in [2.24, 2.45) is 0 Å². The highest BCUT2D eigenvalue weighted by Crippen LogP contribution is 2.39. The molecule has 7 nitrogen and oxygen atoms in total. The maximum absolute atomic E-state index is 11.5. The van der Waals surface area contributed by atoms with Crippen LogP contribution in [-0.4, -0.2) is 44.1 Å². The van der Waals surface area contributed by atoms with Crippen LogP contribution in [0, 0.1) is 0 Å². The Morgan fingerprint density at radius 1 is 0.647 bits per heavy atom. The van der Waals surface area contributed by atoms with Crippen molar-refractivity contribution >= 4 is 18.1 Å². The standard InChI is InChI=1S/C43H43ClO7/c1-2-47-37-21-18-31(19-22-37)24-36-25-35(20-23-38(36)44)40-42(49-27-33-14-8-4-9-15-33)43(50-28-34-16-10-5-11-17-34)41(39(51-40)29-46-30-45)48-26-32-12-6-3-7-13-32/h3-23,25,30,39-43H,2,24,26-29H2,1H3/t39-,40+,41-,42+,43+/m1/s1. The predicted molar refractivity (Wildman–Crippen MR) is 197 cm³/mol. The van der Waals surface area contributed by atoms with Gasteiger partial charge in [-0.3, -0.25) is 4.79 Å². The first-order chi connectivity index (χ1) is 25.1. The summed E-state index contributed by atoms with van der Waals surface area (Å²) < 4.78 is 38.1. The van der Waals surface area contributed by atoms with Gasteiger partial charge in [0.2, 0.25) is 0 Å². The Bertz CT molecular complexity index is 1770. The second-order valence-corrected chi connectivity index (χ2v) is 12.8. The summed E-state index contributed by atoms with van der Waals surface area (Å²) >= 11 is 6.81. The zero-order chi connectivity index (χ0) is 35.3. The molecule has 0 N–H and O–H groups in total. The van der Waals surface area contributed by atoms with E-state index in [4.69, 9.17) is 40.0 Å². The fraction of sp³-hybridized carbons (Fsp3) is 0.279. The van der Waals surface area contributed by atoms with Crippen molar-refractivity contribution in [1.29, 1.82) is 0 Å². The van der Waals surface area contributed by atoms with Crippen molar-refractivity contribution < 1.29 is 33.2 Å². The molecular formula is C43H43ClO7. The van der Waals surface area contributed by atoms with Crippen LogP contribution < -0.4 is 4.74 Å². The molecule has 0 aromatic heterocycles. The van der Waals surface area contributed by atoms with Crippen molar-refractivity contribution in [2.45, 2.75) is 63.7 Å². The highest BCUT2D eigenvalue weighted by molar-refractivity contribution is 6.31. The predicted octanol–water partition coefficient (Wildman–Crippen LogP) is 8.70. The minimum absolute atomic E-state index is 0.0251. The van der Waals surface area contributed by atoms with E-state index in [0.29, 0.717) is 44.3 Å². The molecule has 1 aliphatic rings. The molecule has 0 spiro atoms. The number of hydrogen-bond donors (Lipinski definition) is 0. The van der Waals surface area contributed by atoms with Gasteiger partial charge in [-0.05, 0) is 64.9 Å². The van der Waals surface area contributed by atoms with Gasteiger partial charge in [0.1, 0.15) is 42.9 Å². The topological polar surface area (TPSA) is 72.5 Å². The van der Waals surface area contributed by atoms with Gasteiger partial charge in [0.15, 0.2) is 0 Å². The second-order valence-electron chi connectivity index (χ2n) is 12.4. The maximum atomic E-state index is 11.5. The molecule has 0 unspecified atom stereocenters. The monoisotopic (exact) mass is 706 g/mol.